The van der Waals surface area contributed by atoms with Gasteiger partial charge in [0.15, 0.2) is 11.5 Å². The fourth-order valence-electron chi connectivity index (χ4n) is 4.94. The molecular weight excluding hydrogens is 370 g/mol. The molecule has 1 N–H and O–H groups in total. The van der Waals surface area contributed by atoms with Gasteiger partial charge >= 0.3 is 0 Å². The Labute approximate surface area is 171 Å². The molecule has 29 heavy (non-hydrogen) atoms. The number of rotatable bonds is 5. The summed E-state index contributed by atoms with van der Waals surface area (Å²) in [5, 5.41) is 10.1. The lowest BCUT2D eigenvalue weighted by atomic mass is 9.79. The number of methoxy groups -OCH3 is 4. The predicted octanol–water partition coefficient (Wildman–Crippen LogP) is 3.26. The SMILES string of the molecule is COc1cc2c(cc1OC)C1Cc3c(CO)c(OC)cc(OC)c3CN1C(C)C2. The van der Waals surface area contributed by atoms with E-state index in [2.05, 4.69) is 24.0 Å². The number of hydrogen-bond donors (Lipinski definition) is 1. The molecule has 0 saturated heterocycles. The standard InChI is InChI=1S/C23H29NO5/c1-13-6-14-7-22(28-4)23(29-5)9-15(14)19-8-16-17(11-24(13)19)20(26-2)10-21(27-3)18(16)12-25/h7,9-10,13,19,25H,6,8,11-12H2,1-5H3. The van der Waals surface area contributed by atoms with Gasteiger partial charge in [0.25, 0.3) is 0 Å². The minimum Gasteiger partial charge on any atom is -0.496 e. The van der Waals surface area contributed by atoms with Gasteiger partial charge in [-0.05, 0) is 48.6 Å². The summed E-state index contributed by atoms with van der Waals surface area (Å²) in [5.74, 6) is 3.01. The number of ether oxygens (including phenoxy) is 4. The molecule has 4 rings (SSSR count). The normalized spacial score (nSPS) is 20.3. The van der Waals surface area contributed by atoms with E-state index in [4.69, 9.17) is 18.9 Å². The minimum absolute atomic E-state index is 0.0590. The minimum atomic E-state index is -0.0590. The van der Waals surface area contributed by atoms with Gasteiger partial charge in [-0.1, -0.05) is 0 Å². The number of nitrogens with zero attached hydrogens (tertiary/aromatic N) is 1. The molecule has 2 aliphatic rings. The van der Waals surface area contributed by atoms with Crippen LogP contribution in [0.3, 0.4) is 0 Å². The van der Waals surface area contributed by atoms with Gasteiger partial charge in [-0.2, -0.15) is 0 Å². The summed E-state index contributed by atoms with van der Waals surface area (Å²) in [6.07, 6.45) is 1.73. The Hall–Kier alpha value is -2.44. The highest BCUT2D eigenvalue weighted by Gasteiger charge is 2.39. The third kappa shape index (κ3) is 3.11. The molecule has 2 aromatic rings. The molecule has 0 saturated carbocycles. The van der Waals surface area contributed by atoms with Crippen LogP contribution >= 0.6 is 0 Å². The second-order valence-electron chi connectivity index (χ2n) is 7.73. The van der Waals surface area contributed by atoms with Crippen molar-refractivity contribution in [2.75, 3.05) is 28.4 Å². The molecule has 6 heteroatoms. The van der Waals surface area contributed by atoms with Crippen molar-refractivity contribution in [3.8, 4) is 23.0 Å². The lowest BCUT2D eigenvalue weighted by Gasteiger charge is -2.46. The van der Waals surface area contributed by atoms with E-state index >= 15 is 0 Å². The fourth-order valence-corrected chi connectivity index (χ4v) is 4.94. The molecule has 156 valence electrons. The monoisotopic (exact) mass is 399 g/mol. The van der Waals surface area contributed by atoms with E-state index in [9.17, 15) is 5.11 Å². The third-order valence-corrected chi connectivity index (χ3v) is 6.41. The summed E-state index contributed by atoms with van der Waals surface area (Å²) < 4.78 is 22.3. The molecule has 0 amide bonds. The van der Waals surface area contributed by atoms with E-state index in [1.807, 2.05) is 6.07 Å². The maximum absolute atomic E-state index is 10.1. The lowest BCUT2D eigenvalue weighted by Crippen LogP contribution is -2.45. The molecular formula is C23H29NO5. The smallest absolute Gasteiger partial charge is 0.161 e. The van der Waals surface area contributed by atoms with Crippen LogP contribution in [0.2, 0.25) is 0 Å². The number of aliphatic hydroxyl groups is 1. The summed E-state index contributed by atoms with van der Waals surface area (Å²) in [5.41, 5.74) is 5.67. The molecule has 0 bridgehead atoms. The van der Waals surface area contributed by atoms with Crippen LogP contribution in [0.5, 0.6) is 23.0 Å². The van der Waals surface area contributed by atoms with Gasteiger partial charge in [0.1, 0.15) is 11.5 Å². The van der Waals surface area contributed by atoms with Gasteiger partial charge in [-0.3, -0.25) is 4.90 Å². The Bertz CT molecular complexity index is 926. The first-order valence-corrected chi connectivity index (χ1v) is 9.93. The molecule has 0 aromatic heterocycles. The summed E-state index contributed by atoms with van der Waals surface area (Å²) in [4.78, 5) is 2.52. The zero-order valence-corrected chi connectivity index (χ0v) is 17.7. The first-order chi connectivity index (χ1) is 14.1. The average molecular weight is 399 g/mol. The first-order valence-electron chi connectivity index (χ1n) is 9.93. The van der Waals surface area contributed by atoms with Gasteiger partial charge < -0.3 is 24.1 Å². The van der Waals surface area contributed by atoms with Crippen molar-refractivity contribution >= 4 is 0 Å². The molecule has 0 radical (unpaired) electrons. The van der Waals surface area contributed by atoms with Crippen LogP contribution in [0, 0.1) is 0 Å². The van der Waals surface area contributed by atoms with Crippen molar-refractivity contribution in [2.24, 2.45) is 0 Å². The summed E-state index contributed by atoms with van der Waals surface area (Å²) >= 11 is 0. The number of hydrogen-bond acceptors (Lipinski definition) is 6. The molecule has 0 aliphatic carbocycles. The van der Waals surface area contributed by atoms with Crippen molar-refractivity contribution in [3.63, 3.8) is 0 Å². The van der Waals surface area contributed by atoms with Crippen LogP contribution in [0.4, 0.5) is 0 Å². The van der Waals surface area contributed by atoms with Crippen molar-refractivity contribution in [1.29, 1.82) is 0 Å². The third-order valence-electron chi connectivity index (χ3n) is 6.41. The molecule has 2 heterocycles. The quantitative estimate of drug-likeness (QED) is 0.833. The lowest BCUT2D eigenvalue weighted by molar-refractivity contribution is 0.103. The highest BCUT2D eigenvalue weighted by Crippen LogP contribution is 2.47. The number of aliphatic hydroxyl groups excluding tert-OH is 1. The molecule has 2 atom stereocenters. The van der Waals surface area contributed by atoms with Crippen LogP contribution in [0.25, 0.3) is 0 Å². The maximum Gasteiger partial charge on any atom is 0.161 e. The van der Waals surface area contributed by atoms with E-state index in [1.165, 1.54) is 11.1 Å². The summed E-state index contributed by atoms with van der Waals surface area (Å²) in [6.45, 7) is 2.98. The van der Waals surface area contributed by atoms with Crippen LogP contribution in [-0.2, 0) is 26.0 Å². The van der Waals surface area contributed by atoms with Crippen LogP contribution in [0.15, 0.2) is 18.2 Å². The Morgan fingerprint density at radius 1 is 0.862 bits per heavy atom. The molecule has 0 spiro atoms. The topological polar surface area (TPSA) is 60.4 Å². The fraction of sp³-hybridized carbons (Fsp3) is 0.478. The zero-order chi connectivity index (χ0) is 20.7. The highest BCUT2D eigenvalue weighted by atomic mass is 16.5. The van der Waals surface area contributed by atoms with Gasteiger partial charge in [-0.25, -0.2) is 0 Å². The molecule has 2 unspecified atom stereocenters. The summed E-state index contributed by atoms with van der Waals surface area (Å²) in [7, 11) is 6.66. The Morgan fingerprint density at radius 2 is 1.52 bits per heavy atom. The van der Waals surface area contributed by atoms with E-state index < -0.39 is 0 Å². The van der Waals surface area contributed by atoms with Crippen LogP contribution in [-0.4, -0.2) is 44.5 Å². The van der Waals surface area contributed by atoms with Crippen molar-refractivity contribution in [3.05, 3.63) is 46.0 Å². The molecule has 0 fully saturated rings. The van der Waals surface area contributed by atoms with Crippen molar-refractivity contribution in [2.45, 2.75) is 45.0 Å². The predicted molar refractivity (Wildman–Crippen MR) is 110 cm³/mol. The first kappa shape index (κ1) is 19.9. The van der Waals surface area contributed by atoms with Gasteiger partial charge in [-0.15, -0.1) is 0 Å². The van der Waals surface area contributed by atoms with Crippen molar-refractivity contribution in [1.82, 2.24) is 4.90 Å². The zero-order valence-electron chi connectivity index (χ0n) is 17.7. The Morgan fingerprint density at radius 3 is 2.14 bits per heavy atom. The van der Waals surface area contributed by atoms with Crippen LogP contribution < -0.4 is 18.9 Å². The van der Waals surface area contributed by atoms with Crippen molar-refractivity contribution < 1.29 is 24.1 Å². The Kier molecular flexibility index (Phi) is 5.32. The molecule has 2 aliphatic heterocycles. The maximum atomic E-state index is 10.1. The molecule has 6 nitrogen and oxygen atoms in total. The molecule has 2 aromatic carbocycles. The largest absolute Gasteiger partial charge is 0.496 e. The summed E-state index contributed by atoms with van der Waals surface area (Å²) in [6, 6.07) is 6.68. The number of benzene rings is 2. The van der Waals surface area contributed by atoms with Gasteiger partial charge in [0.05, 0.1) is 35.0 Å². The van der Waals surface area contributed by atoms with E-state index in [0.717, 1.165) is 53.3 Å². The number of fused-ring (bicyclic) bond motifs is 4. The highest BCUT2D eigenvalue weighted by molar-refractivity contribution is 5.56. The van der Waals surface area contributed by atoms with Gasteiger partial charge in [0.2, 0.25) is 0 Å². The van der Waals surface area contributed by atoms with E-state index in [1.54, 1.807) is 28.4 Å². The Balaban J connectivity index is 1.87. The van der Waals surface area contributed by atoms with E-state index in [0.29, 0.717) is 11.8 Å². The average Bonchev–Trinajstić information content (AvgIpc) is 2.76. The second kappa shape index (κ2) is 7.76. The van der Waals surface area contributed by atoms with E-state index in [-0.39, 0.29) is 12.6 Å². The second-order valence-corrected chi connectivity index (χ2v) is 7.73. The van der Waals surface area contributed by atoms with Crippen LogP contribution in [0.1, 0.15) is 40.8 Å². The van der Waals surface area contributed by atoms with Gasteiger partial charge in [0, 0.05) is 35.8 Å².